The van der Waals surface area contributed by atoms with Gasteiger partial charge in [-0.1, -0.05) is 12.1 Å². The van der Waals surface area contributed by atoms with E-state index in [1.165, 1.54) is 6.92 Å². The van der Waals surface area contributed by atoms with E-state index >= 15 is 0 Å². The third kappa shape index (κ3) is 6.52. The molecule has 194 valence electrons. The van der Waals surface area contributed by atoms with Crippen molar-refractivity contribution in [2.45, 2.75) is 90.8 Å². The number of ether oxygens (including phenoxy) is 4. The van der Waals surface area contributed by atoms with Gasteiger partial charge in [0.2, 0.25) is 12.2 Å². The fourth-order valence-electron chi connectivity index (χ4n) is 3.95. The summed E-state index contributed by atoms with van der Waals surface area (Å²) in [5.74, 6) is 0.467. The second kappa shape index (κ2) is 11.4. The minimum Gasteiger partial charge on any atom is -0.491 e. The van der Waals surface area contributed by atoms with Gasteiger partial charge in [0.05, 0.1) is 6.10 Å². The normalized spacial score (nSPS) is 24.6. The van der Waals surface area contributed by atoms with Crippen LogP contribution in [-0.4, -0.2) is 74.5 Å². The highest BCUT2D eigenvalue weighted by atomic mass is 16.7. The van der Waals surface area contributed by atoms with Crippen molar-refractivity contribution < 1.29 is 39.1 Å². The summed E-state index contributed by atoms with van der Waals surface area (Å²) in [5.41, 5.74) is 2.69. The summed E-state index contributed by atoms with van der Waals surface area (Å²) >= 11 is 0. The molecule has 3 rings (SSSR count). The van der Waals surface area contributed by atoms with Gasteiger partial charge in [0.25, 0.3) is 0 Å². The molecular weight excluding hydrogens is 456 g/mol. The number of carbonyl (C=O) groups excluding carboxylic acids is 1. The first-order valence-electron chi connectivity index (χ1n) is 11.8. The van der Waals surface area contributed by atoms with E-state index in [0.29, 0.717) is 6.42 Å². The first kappa shape index (κ1) is 26.9. The second-order valence-corrected chi connectivity index (χ2v) is 9.33. The molecule has 1 aromatic heterocycles. The number of esters is 1. The molecule has 5 atom stereocenters. The number of aromatic nitrogens is 2. The summed E-state index contributed by atoms with van der Waals surface area (Å²) in [6.45, 7) is 10.8. The Bertz CT molecular complexity index is 988. The van der Waals surface area contributed by atoms with E-state index in [2.05, 4.69) is 5.10 Å². The van der Waals surface area contributed by atoms with Crippen molar-refractivity contribution in [3.05, 3.63) is 41.1 Å². The Kier molecular flexibility index (Phi) is 8.76. The van der Waals surface area contributed by atoms with Crippen molar-refractivity contribution in [2.24, 2.45) is 0 Å². The molecule has 2 aromatic rings. The van der Waals surface area contributed by atoms with Crippen LogP contribution >= 0.6 is 0 Å². The minimum absolute atomic E-state index is 0.0502. The molecule has 0 saturated carbocycles. The molecule has 1 aromatic carbocycles. The van der Waals surface area contributed by atoms with Crippen molar-refractivity contribution >= 4 is 5.97 Å². The molecule has 0 amide bonds. The summed E-state index contributed by atoms with van der Waals surface area (Å²) < 4.78 is 24.1. The average molecular weight is 493 g/mol. The van der Waals surface area contributed by atoms with Crippen LogP contribution in [-0.2, 0) is 20.7 Å². The lowest BCUT2D eigenvalue weighted by Gasteiger charge is -2.39. The van der Waals surface area contributed by atoms with Crippen LogP contribution in [0.4, 0.5) is 0 Å². The van der Waals surface area contributed by atoms with Gasteiger partial charge in [-0.25, -0.2) is 0 Å². The maximum absolute atomic E-state index is 11.2. The standard InChI is InChI=1S/C25H36N2O8/c1-13(2)27-15(5)19(11-17-7-9-18(10-8-17)33-14(3)4)24(26-27)35-25-23(31)22(30)21(29)20(34-25)12-32-16(6)28/h7-10,13-14,20-23,25,29-31H,11-12H2,1-6H3/t20-,21-,22+,23-,25?/m1/s1. The summed E-state index contributed by atoms with van der Waals surface area (Å²) in [6, 6.07) is 7.80. The van der Waals surface area contributed by atoms with Gasteiger partial charge < -0.3 is 34.3 Å². The molecule has 1 aliphatic rings. The monoisotopic (exact) mass is 492 g/mol. The molecular formula is C25H36N2O8. The highest BCUT2D eigenvalue weighted by Gasteiger charge is 2.46. The predicted octanol–water partition coefficient (Wildman–Crippen LogP) is 1.90. The van der Waals surface area contributed by atoms with Gasteiger partial charge in [0.1, 0.15) is 36.8 Å². The van der Waals surface area contributed by atoms with Gasteiger partial charge in [0.15, 0.2) is 0 Å². The molecule has 0 aliphatic carbocycles. The number of hydrogen-bond acceptors (Lipinski definition) is 9. The lowest BCUT2D eigenvalue weighted by atomic mass is 9.99. The SMILES string of the molecule is CC(=O)OC[C@H]1OC(Oc2nn(C(C)C)c(C)c2Cc2ccc(OC(C)C)cc2)[C@H](O)[C@@H](O)[C@@H]1O. The summed E-state index contributed by atoms with van der Waals surface area (Å²) in [4.78, 5) is 11.2. The summed E-state index contributed by atoms with van der Waals surface area (Å²) in [6.07, 6.45) is -6.38. The minimum atomic E-state index is -1.56. The molecule has 0 bridgehead atoms. The Morgan fingerprint density at radius 1 is 1.09 bits per heavy atom. The Labute approximate surface area is 205 Å². The largest absolute Gasteiger partial charge is 0.491 e. The second-order valence-electron chi connectivity index (χ2n) is 9.33. The van der Waals surface area contributed by atoms with E-state index in [4.69, 9.17) is 18.9 Å². The maximum Gasteiger partial charge on any atom is 0.302 e. The summed E-state index contributed by atoms with van der Waals surface area (Å²) in [5, 5.41) is 35.7. The molecule has 10 heteroatoms. The molecule has 1 fully saturated rings. The van der Waals surface area contributed by atoms with E-state index < -0.39 is 36.7 Å². The maximum atomic E-state index is 11.2. The van der Waals surface area contributed by atoms with Gasteiger partial charge in [-0.2, -0.15) is 0 Å². The lowest BCUT2D eigenvalue weighted by molar-refractivity contribution is -0.279. The zero-order chi connectivity index (χ0) is 25.9. The van der Waals surface area contributed by atoms with Gasteiger partial charge >= 0.3 is 5.97 Å². The van der Waals surface area contributed by atoms with Crippen LogP contribution in [0.1, 0.15) is 57.5 Å². The molecule has 10 nitrogen and oxygen atoms in total. The van der Waals surface area contributed by atoms with Crippen LogP contribution in [0.2, 0.25) is 0 Å². The third-order valence-electron chi connectivity index (χ3n) is 5.75. The predicted molar refractivity (Wildman–Crippen MR) is 126 cm³/mol. The van der Waals surface area contributed by atoms with Crippen LogP contribution < -0.4 is 9.47 Å². The van der Waals surface area contributed by atoms with Crippen LogP contribution in [0.25, 0.3) is 0 Å². The third-order valence-corrected chi connectivity index (χ3v) is 5.75. The highest BCUT2D eigenvalue weighted by Crippen LogP contribution is 2.31. The fourth-order valence-corrected chi connectivity index (χ4v) is 3.95. The average Bonchev–Trinajstić information content (AvgIpc) is 3.09. The number of benzene rings is 1. The number of aliphatic hydroxyl groups excluding tert-OH is 3. The number of nitrogens with zero attached hydrogens (tertiary/aromatic N) is 2. The smallest absolute Gasteiger partial charge is 0.302 e. The van der Waals surface area contributed by atoms with Crippen molar-refractivity contribution in [3.63, 3.8) is 0 Å². The number of carbonyl (C=O) groups is 1. The van der Waals surface area contributed by atoms with Gasteiger partial charge in [-0.15, -0.1) is 5.10 Å². The Hall–Kier alpha value is -2.66. The Morgan fingerprint density at radius 2 is 1.74 bits per heavy atom. The molecule has 0 radical (unpaired) electrons. The molecule has 1 aliphatic heterocycles. The zero-order valence-corrected chi connectivity index (χ0v) is 21.0. The Morgan fingerprint density at radius 3 is 2.31 bits per heavy atom. The van der Waals surface area contributed by atoms with Crippen LogP contribution in [0, 0.1) is 6.92 Å². The van der Waals surface area contributed by atoms with Crippen molar-refractivity contribution in [3.8, 4) is 11.6 Å². The van der Waals surface area contributed by atoms with Crippen LogP contribution in [0.5, 0.6) is 11.6 Å². The van der Waals surface area contributed by atoms with Crippen molar-refractivity contribution in [2.75, 3.05) is 6.61 Å². The fraction of sp³-hybridized carbons (Fsp3) is 0.600. The lowest BCUT2D eigenvalue weighted by Crippen LogP contribution is -2.60. The van der Waals surface area contributed by atoms with Gasteiger partial charge in [0, 0.05) is 30.6 Å². The van der Waals surface area contributed by atoms with Gasteiger partial charge in [-0.05, 0) is 52.3 Å². The van der Waals surface area contributed by atoms with E-state index in [0.717, 1.165) is 22.6 Å². The first-order valence-corrected chi connectivity index (χ1v) is 11.8. The topological polar surface area (TPSA) is 132 Å². The Balaban J connectivity index is 1.85. The van der Waals surface area contributed by atoms with E-state index in [1.54, 1.807) is 0 Å². The molecule has 1 saturated heterocycles. The molecule has 2 heterocycles. The number of rotatable bonds is 9. The first-order chi connectivity index (χ1) is 16.5. The summed E-state index contributed by atoms with van der Waals surface area (Å²) in [7, 11) is 0. The van der Waals surface area contributed by atoms with Crippen LogP contribution in [0.3, 0.4) is 0 Å². The highest BCUT2D eigenvalue weighted by molar-refractivity contribution is 5.65. The zero-order valence-electron chi connectivity index (χ0n) is 21.0. The van der Waals surface area contributed by atoms with E-state index in [1.807, 2.05) is 63.6 Å². The van der Waals surface area contributed by atoms with Crippen LogP contribution in [0.15, 0.2) is 24.3 Å². The molecule has 0 spiro atoms. The quantitative estimate of drug-likeness (QED) is 0.449. The molecule has 35 heavy (non-hydrogen) atoms. The van der Waals surface area contributed by atoms with Crippen molar-refractivity contribution in [1.82, 2.24) is 9.78 Å². The van der Waals surface area contributed by atoms with E-state index in [9.17, 15) is 20.1 Å². The molecule has 1 unspecified atom stereocenters. The van der Waals surface area contributed by atoms with Gasteiger partial charge in [-0.3, -0.25) is 9.48 Å². The van der Waals surface area contributed by atoms with Crippen molar-refractivity contribution in [1.29, 1.82) is 0 Å². The number of aliphatic hydroxyl groups is 3. The van der Waals surface area contributed by atoms with E-state index in [-0.39, 0.29) is 24.6 Å². The number of hydrogen-bond donors (Lipinski definition) is 3. The molecule has 3 N–H and O–H groups in total.